The summed E-state index contributed by atoms with van der Waals surface area (Å²) in [5.41, 5.74) is 11.7. The number of nitrogens with two attached hydrogens (primary N) is 1. The van der Waals surface area contributed by atoms with Crippen molar-refractivity contribution in [1.29, 1.82) is 0 Å². The zero-order valence-electron chi connectivity index (χ0n) is 20.6. The number of aryl methyl sites for hydroxylation is 2. The standard InChI is InChI=1S/C26H29N7O3/c1-4-35-26(34)20-8-18(17-5-6-17)11-33-12-19(32-25(20)33)13-36-24-9-23(29-14-30-24)28-10-21-15(2)7-22(27)31-16(21)3/h7-9,11-12,14,17H,4-6,10,13H2,1-3H3,(H2,27,31)(H,28,29,30). The van der Waals surface area contributed by atoms with Crippen molar-refractivity contribution in [2.75, 3.05) is 17.7 Å². The van der Waals surface area contributed by atoms with Gasteiger partial charge in [0.05, 0.1) is 12.3 Å². The monoisotopic (exact) mass is 487 g/mol. The van der Waals surface area contributed by atoms with E-state index >= 15 is 0 Å². The average Bonchev–Trinajstić information content (AvgIpc) is 3.61. The number of ether oxygens (including phenoxy) is 2. The molecule has 1 saturated carbocycles. The summed E-state index contributed by atoms with van der Waals surface area (Å²) in [5.74, 6) is 1.68. The number of aromatic nitrogens is 5. The highest BCUT2D eigenvalue weighted by atomic mass is 16.5. The van der Waals surface area contributed by atoms with E-state index < -0.39 is 0 Å². The molecule has 0 atom stereocenters. The highest BCUT2D eigenvalue weighted by molar-refractivity contribution is 5.96. The molecule has 4 aromatic heterocycles. The first-order valence-electron chi connectivity index (χ1n) is 12.0. The largest absolute Gasteiger partial charge is 0.471 e. The molecule has 0 amide bonds. The molecule has 186 valence electrons. The van der Waals surface area contributed by atoms with Crippen LogP contribution in [0.2, 0.25) is 0 Å². The number of carbonyl (C=O) groups is 1. The van der Waals surface area contributed by atoms with E-state index in [1.807, 2.05) is 42.8 Å². The Bertz CT molecular complexity index is 1410. The molecule has 0 aliphatic heterocycles. The maximum absolute atomic E-state index is 12.6. The van der Waals surface area contributed by atoms with Crippen molar-refractivity contribution < 1.29 is 14.3 Å². The second-order valence-electron chi connectivity index (χ2n) is 8.96. The van der Waals surface area contributed by atoms with E-state index in [4.69, 9.17) is 15.2 Å². The Hall–Kier alpha value is -4.21. The Morgan fingerprint density at radius 3 is 2.75 bits per heavy atom. The summed E-state index contributed by atoms with van der Waals surface area (Å²) in [7, 11) is 0. The van der Waals surface area contributed by atoms with Crippen LogP contribution >= 0.6 is 0 Å². The second kappa shape index (κ2) is 9.80. The number of anilines is 2. The first kappa shape index (κ1) is 23.5. The van der Waals surface area contributed by atoms with Gasteiger partial charge in [0.15, 0.2) is 5.65 Å². The molecule has 0 saturated heterocycles. The number of rotatable bonds is 9. The van der Waals surface area contributed by atoms with Gasteiger partial charge in [-0.15, -0.1) is 0 Å². The minimum absolute atomic E-state index is 0.194. The number of fused-ring (bicyclic) bond motifs is 1. The van der Waals surface area contributed by atoms with E-state index in [1.54, 1.807) is 13.0 Å². The number of nitrogens with one attached hydrogen (secondary N) is 1. The van der Waals surface area contributed by atoms with Crippen LogP contribution in [0.3, 0.4) is 0 Å². The third-order valence-corrected chi connectivity index (χ3v) is 6.20. The van der Waals surface area contributed by atoms with Crippen LogP contribution in [-0.4, -0.2) is 36.9 Å². The van der Waals surface area contributed by atoms with Gasteiger partial charge in [-0.05, 0) is 68.4 Å². The van der Waals surface area contributed by atoms with Crippen molar-refractivity contribution in [2.24, 2.45) is 0 Å². The maximum atomic E-state index is 12.6. The number of carbonyl (C=O) groups excluding carboxylic acids is 1. The number of esters is 1. The van der Waals surface area contributed by atoms with E-state index in [-0.39, 0.29) is 12.6 Å². The SMILES string of the molecule is CCOC(=O)c1cc(C2CC2)cn2cc(COc3cc(NCc4c(C)cc(N)nc4C)ncn3)nc12. The van der Waals surface area contributed by atoms with Gasteiger partial charge in [0.25, 0.3) is 0 Å². The molecular weight excluding hydrogens is 458 g/mol. The van der Waals surface area contributed by atoms with E-state index in [9.17, 15) is 4.79 Å². The molecule has 4 heterocycles. The van der Waals surface area contributed by atoms with Crippen LogP contribution in [0.4, 0.5) is 11.6 Å². The lowest BCUT2D eigenvalue weighted by Crippen LogP contribution is -2.08. The van der Waals surface area contributed by atoms with Crippen LogP contribution < -0.4 is 15.8 Å². The lowest BCUT2D eigenvalue weighted by molar-refractivity contribution is 0.0528. The molecule has 0 bridgehead atoms. The van der Waals surface area contributed by atoms with Gasteiger partial charge in [-0.3, -0.25) is 0 Å². The third-order valence-electron chi connectivity index (χ3n) is 6.20. The number of pyridine rings is 2. The van der Waals surface area contributed by atoms with Crippen molar-refractivity contribution in [3.8, 4) is 5.88 Å². The number of hydrogen-bond acceptors (Lipinski definition) is 9. The highest BCUT2D eigenvalue weighted by Crippen LogP contribution is 2.40. The van der Waals surface area contributed by atoms with E-state index in [0.29, 0.717) is 53.5 Å². The smallest absolute Gasteiger partial charge is 0.341 e. The molecule has 5 rings (SSSR count). The third kappa shape index (κ3) is 5.07. The van der Waals surface area contributed by atoms with Crippen LogP contribution in [0, 0.1) is 13.8 Å². The number of hydrogen-bond donors (Lipinski definition) is 2. The lowest BCUT2D eigenvalue weighted by Gasteiger charge is -2.12. The first-order chi connectivity index (χ1) is 17.4. The molecule has 3 N–H and O–H groups in total. The van der Waals surface area contributed by atoms with Gasteiger partial charge in [0.1, 0.15) is 30.1 Å². The summed E-state index contributed by atoms with van der Waals surface area (Å²) in [5, 5.41) is 3.29. The van der Waals surface area contributed by atoms with Crippen molar-refractivity contribution in [3.05, 3.63) is 70.6 Å². The summed E-state index contributed by atoms with van der Waals surface area (Å²) in [6.07, 6.45) is 7.63. The van der Waals surface area contributed by atoms with Gasteiger partial charge in [-0.1, -0.05) is 0 Å². The quantitative estimate of drug-likeness (QED) is 0.337. The predicted octanol–water partition coefficient (Wildman–Crippen LogP) is 3.96. The summed E-state index contributed by atoms with van der Waals surface area (Å²) < 4.78 is 13.0. The van der Waals surface area contributed by atoms with Gasteiger partial charge in [0, 0.05) is 30.7 Å². The molecule has 10 heteroatoms. The van der Waals surface area contributed by atoms with Crippen molar-refractivity contribution in [1.82, 2.24) is 24.3 Å². The highest BCUT2D eigenvalue weighted by Gasteiger charge is 2.26. The molecule has 1 aliphatic rings. The van der Waals surface area contributed by atoms with Gasteiger partial charge < -0.3 is 24.9 Å². The molecule has 0 unspecified atom stereocenters. The molecule has 4 aromatic rings. The molecule has 0 radical (unpaired) electrons. The molecule has 1 fully saturated rings. The summed E-state index contributed by atoms with van der Waals surface area (Å²) in [6, 6.07) is 5.50. The molecule has 0 spiro atoms. The number of nitrogens with zero attached hydrogens (tertiary/aromatic N) is 5. The summed E-state index contributed by atoms with van der Waals surface area (Å²) in [4.78, 5) is 30.0. The van der Waals surface area contributed by atoms with Crippen LogP contribution in [0.5, 0.6) is 5.88 Å². The van der Waals surface area contributed by atoms with Gasteiger partial charge >= 0.3 is 5.97 Å². The Kier molecular flexibility index (Phi) is 6.41. The molecule has 36 heavy (non-hydrogen) atoms. The fraction of sp³-hybridized carbons (Fsp3) is 0.346. The zero-order chi connectivity index (χ0) is 25.2. The zero-order valence-corrected chi connectivity index (χ0v) is 20.6. The van der Waals surface area contributed by atoms with Crippen molar-refractivity contribution >= 4 is 23.3 Å². The molecule has 1 aliphatic carbocycles. The Labute approximate surface area is 208 Å². The number of imidazole rings is 1. The molecule has 0 aromatic carbocycles. The molecule has 10 nitrogen and oxygen atoms in total. The van der Waals surface area contributed by atoms with Crippen LogP contribution in [0.25, 0.3) is 5.65 Å². The van der Waals surface area contributed by atoms with E-state index in [0.717, 1.165) is 35.2 Å². The fourth-order valence-electron chi connectivity index (χ4n) is 4.24. The topological polar surface area (TPSA) is 130 Å². The Morgan fingerprint density at radius 1 is 1.17 bits per heavy atom. The maximum Gasteiger partial charge on any atom is 0.341 e. The van der Waals surface area contributed by atoms with Crippen molar-refractivity contribution in [2.45, 2.75) is 52.7 Å². The normalized spacial score (nSPS) is 13.1. The minimum Gasteiger partial charge on any atom is -0.471 e. The second-order valence-corrected chi connectivity index (χ2v) is 8.96. The van der Waals surface area contributed by atoms with E-state index in [1.165, 1.54) is 6.33 Å². The Morgan fingerprint density at radius 2 is 2.00 bits per heavy atom. The fourth-order valence-corrected chi connectivity index (χ4v) is 4.24. The van der Waals surface area contributed by atoms with E-state index in [2.05, 4.69) is 25.3 Å². The van der Waals surface area contributed by atoms with Crippen LogP contribution in [0.15, 0.2) is 36.9 Å². The minimum atomic E-state index is -0.364. The predicted molar refractivity (Wildman–Crippen MR) is 135 cm³/mol. The summed E-state index contributed by atoms with van der Waals surface area (Å²) in [6.45, 7) is 6.79. The average molecular weight is 488 g/mol. The van der Waals surface area contributed by atoms with Crippen molar-refractivity contribution in [3.63, 3.8) is 0 Å². The first-order valence-corrected chi connectivity index (χ1v) is 12.0. The Balaban J connectivity index is 1.30. The molecular formula is C26H29N7O3. The van der Waals surface area contributed by atoms with Gasteiger partial charge in [0.2, 0.25) is 5.88 Å². The van der Waals surface area contributed by atoms with Gasteiger partial charge in [-0.25, -0.2) is 24.7 Å². The summed E-state index contributed by atoms with van der Waals surface area (Å²) >= 11 is 0. The van der Waals surface area contributed by atoms with Gasteiger partial charge in [-0.2, -0.15) is 0 Å². The number of nitrogen functional groups attached to an aromatic ring is 1. The lowest BCUT2D eigenvalue weighted by atomic mass is 10.1. The van der Waals surface area contributed by atoms with Crippen LogP contribution in [0.1, 0.15) is 64.1 Å². The van der Waals surface area contributed by atoms with Crippen LogP contribution in [-0.2, 0) is 17.9 Å².